The molecular formula is C25H36N2O6. The topological polar surface area (TPSA) is 96.4 Å². The van der Waals surface area contributed by atoms with Gasteiger partial charge in [0.05, 0.1) is 30.8 Å². The van der Waals surface area contributed by atoms with Crippen LogP contribution in [-0.4, -0.2) is 82.3 Å². The molecule has 8 nitrogen and oxygen atoms in total. The van der Waals surface area contributed by atoms with E-state index in [-0.39, 0.29) is 25.0 Å². The van der Waals surface area contributed by atoms with Crippen LogP contribution in [-0.2, 0) is 23.9 Å². The highest BCUT2D eigenvalue weighted by atomic mass is 16.6. The van der Waals surface area contributed by atoms with Crippen molar-refractivity contribution in [2.45, 2.75) is 76.2 Å². The highest BCUT2D eigenvalue weighted by Crippen LogP contribution is 2.57. The zero-order valence-electron chi connectivity index (χ0n) is 19.9. The summed E-state index contributed by atoms with van der Waals surface area (Å²) in [6, 6.07) is -1.47. The highest BCUT2D eigenvalue weighted by Gasteiger charge is 2.75. The van der Waals surface area contributed by atoms with Gasteiger partial charge in [-0.15, -0.1) is 0 Å². The maximum Gasteiger partial charge on any atom is 0.313 e. The van der Waals surface area contributed by atoms with Crippen molar-refractivity contribution in [3.63, 3.8) is 0 Å². The first-order valence-electron chi connectivity index (χ1n) is 12.3. The van der Waals surface area contributed by atoms with E-state index >= 15 is 0 Å². The molecule has 1 N–H and O–H groups in total. The second kappa shape index (κ2) is 9.22. The largest absolute Gasteiger partial charge is 0.465 e. The van der Waals surface area contributed by atoms with Crippen molar-refractivity contribution in [1.29, 1.82) is 0 Å². The van der Waals surface area contributed by atoms with Gasteiger partial charge in [-0.1, -0.05) is 51.0 Å². The summed E-state index contributed by atoms with van der Waals surface area (Å²) in [4.78, 5) is 44.4. The molecule has 6 atom stereocenters. The van der Waals surface area contributed by atoms with Gasteiger partial charge in [-0.25, -0.2) is 0 Å². The Morgan fingerprint density at radius 1 is 1.12 bits per heavy atom. The van der Waals surface area contributed by atoms with Crippen molar-refractivity contribution in [3.05, 3.63) is 24.3 Å². The molecule has 33 heavy (non-hydrogen) atoms. The van der Waals surface area contributed by atoms with Gasteiger partial charge in [0.25, 0.3) is 0 Å². The van der Waals surface area contributed by atoms with E-state index in [4.69, 9.17) is 9.47 Å². The Balaban J connectivity index is 1.83. The molecule has 2 fully saturated rings. The molecule has 2 saturated heterocycles. The van der Waals surface area contributed by atoms with Crippen LogP contribution in [0.2, 0.25) is 0 Å². The van der Waals surface area contributed by atoms with Crippen LogP contribution >= 0.6 is 0 Å². The number of hydrogen-bond acceptors (Lipinski definition) is 6. The molecule has 0 aromatic rings. The van der Waals surface area contributed by atoms with Crippen LogP contribution < -0.4 is 0 Å². The SMILES string of the molecule is CCCCCN1CC=C[C@]23O[C@]4(C)C=CCCOC(=O)[C@@H]4[C@H]2C(=O)N([C@@H](CC)CO)C3C1=O. The Morgan fingerprint density at radius 2 is 1.91 bits per heavy atom. The number of nitrogens with zero attached hydrogens (tertiary/aromatic N) is 2. The number of likely N-dealkylation sites (tertiary alicyclic amines) is 1. The summed E-state index contributed by atoms with van der Waals surface area (Å²) < 4.78 is 12.2. The van der Waals surface area contributed by atoms with Gasteiger partial charge in [-0.2, -0.15) is 0 Å². The predicted molar refractivity (Wildman–Crippen MR) is 121 cm³/mol. The van der Waals surface area contributed by atoms with Crippen LogP contribution in [0.4, 0.5) is 0 Å². The number of cyclic esters (lactones) is 1. The molecule has 4 aliphatic heterocycles. The highest BCUT2D eigenvalue weighted by molar-refractivity contribution is 5.99. The lowest BCUT2D eigenvalue weighted by atomic mass is 9.74. The number of esters is 1. The smallest absolute Gasteiger partial charge is 0.313 e. The van der Waals surface area contributed by atoms with E-state index in [1.165, 1.54) is 4.90 Å². The normalized spacial score (nSPS) is 36.6. The third-order valence-corrected chi connectivity index (χ3v) is 7.65. The fourth-order valence-electron chi connectivity index (χ4n) is 6.03. The summed E-state index contributed by atoms with van der Waals surface area (Å²) in [6.07, 6.45) is 11.5. The molecule has 0 bridgehead atoms. The minimum atomic E-state index is -1.29. The number of rotatable bonds is 7. The third kappa shape index (κ3) is 3.71. The molecule has 2 amide bonds. The van der Waals surface area contributed by atoms with E-state index in [2.05, 4.69) is 6.92 Å². The minimum Gasteiger partial charge on any atom is -0.465 e. The lowest BCUT2D eigenvalue weighted by molar-refractivity contribution is -0.162. The van der Waals surface area contributed by atoms with E-state index in [1.807, 2.05) is 31.2 Å². The van der Waals surface area contributed by atoms with Crippen molar-refractivity contribution in [2.75, 3.05) is 26.3 Å². The Kier molecular flexibility index (Phi) is 6.69. The number of carbonyl (C=O) groups excluding carboxylic acids is 3. The number of fused-ring (bicyclic) bond motifs is 2. The van der Waals surface area contributed by atoms with Gasteiger partial charge in [-0.3, -0.25) is 14.4 Å². The van der Waals surface area contributed by atoms with Gasteiger partial charge >= 0.3 is 5.97 Å². The zero-order chi connectivity index (χ0) is 23.8. The summed E-state index contributed by atoms with van der Waals surface area (Å²) in [5, 5.41) is 10.1. The molecule has 4 heterocycles. The van der Waals surface area contributed by atoms with Crippen molar-refractivity contribution in [1.82, 2.24) is 9.80 Å². The van der Waals surface area contributed by atoms with E-state index in [1.54, 1.807) is 11.8 Å². The van der Waals surface area contributed by atoms with Gasteiger partial charge in [0, 0.05) is 13.1 Å². The molecule has 8 heteroatoms. The first kappa shape index (κ1) is 24.0. The Hall–Kier alpha value is -2.19. The second-order valence-corrected chi connectivity index (χ2v) is 9.74. The molecular weight excluding hydrogens is 424 g/mol. The number of ether oxygens (including phenoxy) is 2. The number of carbonyl (C=O) groups is 3. The van der Waals surface area contributed by atoms with E-state index in [0.717, 1.165) is 19.3 Å². The lowest BCUT2D eigenvalue weighted by Gasteiger charge is -2.40. The predicted octanol–water partition coefficient (Wildman–Crippen LogP) is 1.82. The molecule has 0 radical (unpaired) electrons. The summed E-state index contributed by atoms with van der Waals surface area (Å²) >= 11 is 0. The van der Waals surface area contributed by atoms with Gasteiger partial charge in [0.15, 0.2) is 0 Å². The Morgan fingerprint density at radius 3 is 2.61 bits per heavy atom. The maximum atomic E-state index is 14.0. The summed E-state index contributed by atoms with van der Waals surface area (Å²) in [7, 11) is 0. The average Bonchev–Trinajstić information content (AvgIpc) is 3.11. The quantitative estimate of drug-likeness (QED) is 0.354. The van der Waals surface area contributed by atoms with Crippen LogP contribution in [0.15, 0.2) is 24.3 Å². The van der Waals surface area contributed by atoms with E-state index in [9.17, 15) is 19.5 Å². The molecule has 1 unspecified atom stereocenters. The van der Waals surface area contributed by atoms with Crippen molar-refractivity contribution in [3.8, 4) is 0 Å². The van der Waals surface area contributed by atoms with Crippen molar-refractivity contribution < 1.29 is 29.0 Å². The van der Waals surface area contributed by atoms with E-state index in [0.29, 0.717) is 25.9 Å². The van der Waals surface area contributed by atoms with Crippen LogP contribution in [0.1, 0.15) is 52.9 Å². The van der Waals surface area contributed by atoms with E-state index < -0.39 is 41.1 Å². The van der Waals surface area contributed by atoms with Crippen LogP contribution in [0, 0.1) is 11.8 Å². The van der Waals surface area contributed by atoms with Crippen molar-refractivity contribution >= 4 is 17.8 Å². The first-order valence-corrected chi connectivity index (χ1v) is 12.3. The van der Waals surface area contributed by atoms with Crippen molar-refractivity contribution in [2.24, 2.45) is 11.8 Å². The summed E-state index contributed by atoms with van der Waals surface area (Å²) in [5.74, 6) is -2.74. The number of hydrogen-bond donors (Lipinski definition) is 1. The average molecular weight is 461 g/mol. The van der Waals surface area contributed by atoms with Gasteiger partial charge in [0.1, 0.15) is 17.6 Å². The fraction of sp³-hybridized carbons (Fsp3) is 0.720. The molecule has 0 saturated carbocycles. The third-order valence-electron chi connectivity index (χ3n) is 7.65. The van der Waals surface area contributed by atoms with Gasteiger partial charge in [0.2, 0.25) is 11.8 Å². The molecule has 182 valence electrons. The Labute approximate surface area is 195 Å². The molecule has 1 spiro atoms. The van der Waals surface area contributed by atoms with Crippen LogP contribution in [0.25, 0.3) is 0 Å². The molecule has 0 aromatic carbocycles. The fourth-order valence-corrected chi connectivity index (χ4v) is 6.03. The second-order valence-electron chi connectivity index (χ2n) is 9.74. The maximum absolute atomic E-state index is 14.0. The zero-order valence-corrected chi connectivity index (χ0v) is 19.9. The molecule has 0 aliphatic carbocycles. The monoisotopic (exact) mass is 460 g/mol. The Bertz CT molecular complexity index is 852. The molecule has 0 aromatic heterocycles. The summed E-state index contributed by atoms with van der Waals surface area (Å²) in [6.45, 7) is 6.79. The first-order chi connectivity index (χ1) is 15.8. The molecule has 4 rings (SSSR count). The number of aliphatic hydroxyl groups is 1. The number of aliphatic hydroxyl groups excluding tert-OH is 1. The standard InChI is InChI=1S/C25H36N2O6/c1-4-6-8-13-26-14-10-12-25-18(19-23(31)32-15-9-7-11-24(19,3)33-25)21(29)27(17(5-2)16-28)20(25)22(26)30/h7,10-12,17-20,28H,4-6,8-9,13-16H2,1-3H3/t17-,18-,19-,20?,24+,25-/m0/s1. The molecule has 4 aliphatic rings. The minimum absolute atomic E-state index is 0.186. The van der Waals surface area contributed by atoms with Crippen LogP contribution in [0.5, 0.6) is 0 Å². The van der Waals surface area contributed by atoms with Crippen LogP contribution in [0.3, 0.4) is 0 Å². The number of unbranched alkanes of at least 4 members (excludes halogenated alkanes) is 2. The summed E-state index contributed by atoms with van der Waals surface area (Å²) in [5.41, 5.74) is -2.35. The van der Waals surface area contributed by atoms with Gasteiger partial charge < -0.3 is 24.4 Å². The van der Waals surface area contributed by atoms with Gasteiger partial charge in [-0.05, 0) is 26.2 Å². The lowest BCUT2D eigenvalue weighted by Crippen LogP contribution is -2.58. The number of amides is 2.